The number of hydrogen-bond donors (Lipinski definition) is 3. The molecular weight excluding hydrogens is 542 g/mol. The molecule has 0 aromatic heterocycles. The van der Waals surface area contributed by atoms with Crippen LogP contribution in [0.1, 0.15) is 29.3 Å². The zero-order valence-corrected chi connectivity index (χ0v) is 24.2. The number of Topliss-reactive ketones (excluding diaryl/α,β-unsaturated/α-hetero) is 4. The molecule has 5 rings (SSSR count). The normalized spacial score (nSPS) is 28.7. The van der Waals surface area contributed by atoms with Crippen LogP contribution in [0, 0.1) is 23.7 Å². The van der Waals surface area contributed by atoms with Gasteiger partial charge in [-0.25, -0.2) is 0 Å². The number of primary amides is 1. The van der Waals surface area contributed by atoms with E-state index in [1.165, 1.54) is 4.90 Å². The zero-order chi connectivity index (χ0) is 30.8. The molecule has 0 radical (unpaired) electrons. The lowest BCUT2D eigenvalue weighted by molar-refractivity contribution is -0.181. The van der Waals surface area contributed by atoms with Crippen LogP contribution in [0.3, 0.4) is 0 Å². The Labute approximate surface area is 243 Å². The van der Waals surface area contributed by atoms with Crippen LogP contribution in [0.2, 0.25) is 0 Å². The molecule has 0 heterocycles. The van der Waals surface area contributed by atoms with E-state index in [2.05, 4.69) is 0 Å². The van der Waals surface area contributed by atoms with E-state index in [0.29, 0.717) is 34.7 Å². The van der Waals surface area contributed by atoms with E-state index in [1.54, 1.807) is 58.5 Å². The number of aliphatic hydroxyl groups is 1. The second-order valence-electron chi connectivity index (χ2n) is 11.8. The maximum Gasteiger partial charge on any atom is 0.235 e. The Hall–Kier alpha value is -4.09. The van der Waals surface area contributed by atoms with Gasteiger partial charge in [0.05, 0.1) is 24.1 Å². The molecule has 4 N–H and O–H groups in total. The van der Waals surface area contributed by atoms with Crippen LogP contribution >= 0.6 is 0 Å². The van der Waals surface area contributed by atoms with Crippen LogP contribution in [0.15, 0.2) is 30.3 Å². The van der Waals surface area contributed by atoms with E-state index in [-0.39, 0.29) is 24.2 Å². The Morgan fingerprint density at radius 2 is 1.79 bits per heavy atom. The van der Waals surface area contributed by atoms with Crippen LogP contribution in [0.5, 0.6) is 11.5 Å². The van der Waals surface area contributed by atoms with Crippen molar-refractivity contribution >= 4 is 34.7 Å². The van der Waals surface area contributed by atoms with Gasteiger partial charge in [0.15, 0.2) is 34.7 Å². The van der Waals surface area contributed by atoms with Crippen molar-refractivity contribution in [1.29, 1.82) is 0 Å². The zero-order valence-electron chi connectivity index (χ0n) is 24.2. The number of hydrogen-bond acceptors (Lipinski definition) is 10. The van der Waals surface area contributed by atoms with Crippen LogP contribution in [0.25, 0.3) is 11.1 Å². The van der Waals surface area contributed by atoms with Crippen molar-refractivity contribution in [1.82, 2.24) is 4.90 Å². The Balaban J connectivity index is 1.68. The fourth-order valence-electron chi connectivity index (χ4n) is 7.19. The number of ether oxygens (including phenoxy) is 1. The first-order chi connectivity index (χ1) is 19.7. The number of phenols is 1. The van der Waals surface area contributed by atoms with E-state index in [4.69, 9.17) is 10.5 Å². The molecule has 11 heteroatoms. The minimum Gasteiger partial charge on any atom is -0.507 e. The van der Waals surface area contributed by atoms with Crippen molar-refractivity contribution in [2.75, 3.05) is 39.7 Å². The van der Waals surface area contributed by atoms with E-state index in [9.17, 15) is 34.2 Å². The van der Waals surface area contributed by atoms with Gasteiger partial charge in [-0.3, -0.25) is 28.9 Å². The first kappa shape index (κ1) is 29.4. The largest absolute Gasteiger partial charge is 0.507 e. The molecule has 0 saturated heterocycles. The van der Waals surface area contributed by atoms with Crippen molar-refractivity contribution in [2.45, 2.75) is 31.4 Å². The predicted octanol–water partition coefficient (Wildman–Crippen LogP) is 0.999. The molecule has 2 unspecified atom stereocenters. The van der Waals surface area contributed by atoms with Gasteiger partial charge in [0.25, 0.3) is 0 Å². The summed E-state index contributed by atoms with van der Waals surface area (Å²) in [5, 5.41) is 23.3. The monoisotopic (exact) mass is 577 g/mol. The summed E-state index contributed by atoms with van der Waals surface area (Å²) < 4.78 is 5.61. The quantitative estimate of drug-likeness (QED) is 0.421. The Morgan fingerprint density at radius 3 is 2.38 bits per heavy atom. The topological polar surface area (TPSA) is 168 Å². The smallest absolute Gasteiger partial charge is 0.235 e. The highest BCUT2D eigenvalue weighted by molar-refractivity contribution is 6.32. The van der Waals surface area contributed by atoms with Crippen LogP contribution in [-0.2, 0) is 25.6 Å². The molecule has 11 nitrogen and oxygen atoms in total. The van der Waals surface area contributed by atoms with Crippen LogP contribution in [0.4, 0.5) is 5.69 Å². The first-order valence-electron chi connectivity index (χ1n) is 13.9. The molecule has 222 valence electrons. The van der Waals surface area contributed by atoms with Gasteiger partial charge < -0.3 is 25.6 Å². The molecule has 1 amide bonds. The molecule has 0 spiro atoms. The minimum atomic E-state index is -2.76. The molecule has 2 aromatic carbocycles. The van der Waals surface area contributed by atoms with E-state index in [0.717, 1.165) is 0 Å². The molecule has 0 bridgehead atoms. The number of rotatable bonds is 6. The molecule has 2 fully saturated rings. The molecule has 42 heavy (non-hydrogen) atoms. The van der Waals surface area contributed by atoms with Crippen LogP contribution in [-0.4, -0.2) is 90.6 Å². The number of nitrogens with zero attached hydrogens (tertiary/aromatic N) is 2. The summed E-state index contributed by atoms with van der Waals surface area (Å²) in [7, 11) is 6.72. The highest BCUT2D eigenvalue weighted by Gasteiger charge is 2.69. The average Bonchev–Trinajstić information content (AvgIpc) is 2.90. The van der Waals surface area contributed by atoms with Crippen molar-refractivity contribution < 1.29 is 38.9 Å². The lowest BCUT2D eigenvalue weighted by Gasteiger charge is -2.52. The number of benzene rings is 2. The van der Waals surface area contributed by atoms with Crippen molar-refractivity contribution in [2.24, 2.45) is 29.4 Å². The van der Waals surface area contributed by atoms with Gasteiger partial charge in [-0.05, 0) is 69.1 Å². The SMILES string of the molecule is CCOc1cccc(-c2cc(N(C)C)c3c(c2O)C(=O)C2C(=O)[C@@]4(O)C(=O)C(C(N)=O)C(=O)[C@H](N(C)C)[C@H]4C[C@H]2C3)c1. The maximum absolute atomic E-state index is 14.2. The first-order valence-corrected chi connectivity index (χ1v) is 13.9. The van der Waals surface area contributed by atoms with Gasteiger partial charge in [-0.2, -0.15) is 0 Å². The summed E-state index contributed by atoms with van der Waals surface area (Å²) in [6.45, 7) is 2.28. The number of anilines is 1. The third kappa shape index (κ3) is 4.13. The number of carbonyl (C=O) groups excluding carboxylic acids is 5. The second kappa shape index (κ2) is 10.3. The van der Waals surface area contributed by atoms with E-state index < -0.39 is 64.4 Å². The fraction of sp³-hybridized carbons (Fsp3) is 0.452. The van der Waals surface area contributed by atoms with E-state index in [1.807, 2.05) is 11.8 Å². The van der Waals surface area contributed by atoms with Crippen molar-refractivity contribution in [3.63, 3.8) is 0 Å². The molecule has 3 aliphatic rings. The summed E-state index contributed by atoms with van der Waals surface area (Å²) in [5.74, 6) is -10.1. The molecule has 2 aromatic rings. The molecule has 2 saturated carbocycles. The number of fused-ring (bicyclic) bond motifs is 3. The Morgan fingerprint density at radius 1 is 1.10 bits per heavy atom. The van der Waals surface area contributed by atoms with E-state index >= 15 is 0 Å². The number of likely N-dealkylation sites (N-methyl/N-ethyl adjacent to an activating group) is 1. The molecular formula is C31H35N3O8. The number of carbonyl (C=O) groups is 5. The summed E-state index contributed by atoms with van der Waals surface area (Å²) in [6.07, 6.45) is 0.182. The Bertz CT molecular complexity index is 1530. The number of nitrogens with two attached hydrogens (primary N) is 1. The average molecular weight is 578 g/mol. The van der Waals surface area contributed by atoms with Crippen molar-refractivity contribution in [3.8, 4) is 22.6 Å². The fourth-order valence-corrected chi connectivity index (χ4v) is 7.19. The second-order valence-corrected chi connectivity index (χ2v) is 11.8. The number of phenolic OH excluding ortho intramolecular Hbond substituents is 1. The number of aromatic hydroxyl groups is 1. The summed E-state index contributed by atoms with van der Waals surface area (Å²) in [5.41, 5.74) is 4.72. The third-order valence-electron chi connectivity index (χ3n) is 8.98. The lowest BCUT2D eigenvalue weighted by Crippen LogP contribution is -2.74. The molecule has 0 aliphatic heterocycles. The number of amides is 1. The van der Waals surface area contributed by atoms with Gasteiger partial charge in [-0.1, -0.05) is 12.1 Å². The summed E-state index contributed by atoms with van der Waals surface area (Å²) >= 11 is 0. The van der Waals surface area contributed by atoms with Gasteiger partial charge in [-0.15, -0.1) is 0 Å². The van der Waals surface area contributed by atoms with Gasteiger partial charge in [0.2, 0.25) is 5.91 Å². The van der Waals surface area contributed by atoms with Crippen LogP contribution < -0.4 is 15.4 Å². The molecule has 3 aliphatic carbocycles. The van der Waals surface area contributed by atoms with Gasteiger partial charge >= 0.3 is 0 Å². The van der Waals surface area contributed by atoms with Gasteiger partial charge in [0, 0.05) is 31.3 Å². The van der Waals surface area contributed by atoms with Crippen molar-refractivity contribution in [3.05, 3.63) is 41.5 Å². The standard InChI is InChI=1S/C31H35N3O8/c1-6-42-16-9-7-8-14(10-16)17-13-20(33(2)3)18-11-15-12-19-24(34(4)5)27(37)23(30(32)40)29(39)31(19,41)28(38)21(15)26(36)22(18)25(17)35/h7-10,13,15,19,21,23-24,35,41H,6,11-12H2,1-5H3,(H2,32,40)/t15-,19-,21?,23?,24-,31-/m1/s1. The summed E-state index contributed by atoms with van der Waals surface area (Å²) in [4.78, 5) is 70.5. The Kier molecular flexibility index (Phi) is 7.23. The maximum atomic E-state index is 14.2. The highest BCUT2D eigenvalue weighted by atomic mass is 16.5. The third-order valence-corrected chi connectivity index (χ3v) is 8.98. The summed E-state index contributed by atoms with van der Waals surface area (Å²) in [6, 6.07) is 7.67. The number of ketones is 4. The predicted molar refractivity (Wildman–Crippen MR) is 152 cm³/mol. The highest BCUT2D eigenvalue weighted by Crippen LogP contribution is 2.53. The lowest BCUT2D eigenvalue weighted by atomic mass is 9.52. The minimum absolute atomic E-state index is 0.00429. The molecule has 6 atom stereocenters. The van der Waals surface area contributed by atoms with Gasteiger partial charge in [0.1, 0.15) is 11.5 Å².